The zero-order valence-corrected chi connectivity index (χ0v) is 20.8. The van der Waals surface area contributed by atoms with E-state index in [-0.39, 0.29) is 11.3 Å². The smallest absolute Gasteiger partial charge is 0.267 e. The minimum Gasteiger partial charge on any atom is -0.360 e. The maximum atomic E-state index is 13.6. The molecule has 0 fully saturated rings. The molecule has 3 aromatic carbocycles. The largest absolute Gasteiger partial charge is 0.360 e. The van der Waals surface area contributed by atoms with Crippen molar-refractivity contribution in [3.05, 3.63) is 100.0 Å². The number of nitrogens with one attached hydrogen (secondary N) is 1. The van der Waals surface area contributed by atoms with Crippen molar-refractivity contribution in [1.29, 1.82) is 0 Å². The fourth-order valence-electron chi connectivity index (χ4n) is 4.64. The molecule has 8 heteroatoms. The maximum Gasteiger partial charge on any atom is 0.267 e. The van der Waals surface area contributed by atoms with Crippen molar-refractivity contribution in [2.75, 3.05) is 0 Å². The summed E-state index contributed by atoms with van der Waals surface area (Å²) in [5.74, 6) is 0.419. The van der Waals surface area contributed by atoms with E-state index in [4.69, 9.17) is 0 Å². The van der Waals surface area contributed by atoms with Gasteiger partial charge in [0, 0.05) is 22.7 Å². The number of Topliss-reactive ketones (excluding diaryl/α,β-unsaturated/α-hetero) is 1. The van der Waals surface area contributed by atoms with Gasteiger partial charge in [-0.05, 0) is 56.2 Å². The molecule has 7 nitrogen and oxygen atoms in total. The van der Waals surface area contributed by atoms with Gasteiger partial charge in [-0.25, -0.2) is 4.57 Å². The number of hydrogen-bond donors (Lipinski definition) is 1. The van der Waals surface area contributed by atoms with Crippen LogP contribution in [0.25, 0.3) is 33.3 Å². The van der Waals surface area contributed by atoms with Gasteiger partial charge in [-0.3, -0.25) is 14.0 Å². The Kier molecular flexibility index (Phi) is 5.26. The van der Waals surface area contributed by atoms with Crippen LogP contribution in [0.5, 0.6) is 0 Å². The van der Waals surface area contributed by atoms with Gasteiger partial charge in [-0.1, -0.05) is 54.2 Å². The molecule has 36 heavy (non-hydrogen) atoms. The van der Waals surface area contributed by atoms with Crippen LogP contribution in [0, 0.1) is 13.8 Å². The summed E-state index contributed by atoms with van der Waals surface area (Å²) >= 11 is 1.34. The minimum atomic E-state index is -0.420. The molecule has 6 rings (SSSR count). The van der Waals surface area contributed by atoms with Crippen molar-refractivity contribution in [3.8, 4) is 5.69 Å². The van der Waals surface area contributed by atoms with E-state index in [9.17, 15) is 9.59 Å². The number of ketones is 1. The third kappa shape index (κ3) is 3.45. The summed E-state index contributed by atoms with van der Waals surface area (Å²) in [6, 6.07) is 21.2. The summed E-state index contributed by atoms with van der Waals surface area (Å²) in [6.45, 7) is 5.84. The maximum absolute atomic E-state index is 13.6. The van der Waals surface area contributed by atoms with Gasteiger partial charge in [0.1, 0.15) is 0 Å². The lowest BCUT2D eigenvalue weighted by Gasteiger charge is -2.14. The average molecular weight is 494 g/mol. The Morgan fingerprint density at radius 1 is 0.972 bits per heavy atom. The van der Waals surface area contributed by atoms with Gasteiger partial charge < -0.3 is 4.98 Å². The van der Waals surface area contributed by atoms with E-state index in [1.807, 2.05) is 91.9 Å². The van der Waals surface area contributed by atoms with Crippen molar-refractivity contribution < 1.29 is 4.79 Å². The van der Waals surface area contributed by atoms with Crippen LogP contribution in [-0.4, -0.2) is 35.2 Å². The predicted octanol–water partition coefficient (Wildman–Crippen LogP) is 5.50. The van der Waals surface area contributed by atoms with Crippen molar-refractivity contribution in [3.63, 3.8) is 0 Å². The summed E-state index contributed by atoms with van der Waals surface area (Å²) in [6.07, 6.45) is 1.76. The predicted molar refractivity (Wildman–Crippen MR) is 144 cm³/mol. The van der Waals surface area contributed by atoms with Crippen LogP contribution in [0.1, 0.15) is 28.4 Å². The second kappa shape index (κ2) is 8.49. The zero-order chi connectivity index (χ0) is 25.0. The molecule has 3 heterocycles. The molecule has 0 amide bonds. The van der Waals surface area contributed by atoms with Crippen LogP contribution in [0.3, 0.4) is 0 Å². The average Bonchev–Trinajstić information content (AvgIpc) is 3.50. The number of H-pyrrole nitrogens is 1. The number of aromatic amines is 1. The molecular weight excluding hydrogens is 470 g/mol. The second-order valence-corrected chi connectivity index (χ2v) is 10.2. The van der Waals surface area contributed by atoms with E-state index in [1.54, 1.807) is 10.8 Å². The number of carbonyl (C=O) groups is 1. The number of nitrogens with zero attached hydrogens (tertiary/aromatic N) is 4. The van der Waals surface area contributed by atoms with E-state index in [1.165, 1.54) is 11.8 Å². The van der Waals surface area contributed by atoms with Crippen molar-refractivity contribution >= 4 is 45.1 Å². The molecule has 3 aromatic heterocycles. The number of carbonyl (C=O) groups excluding carboxylic acids is 1. The molecule has 1 atom stereocenters. The monoisotopic (exact) mass is 493 g/mol. The summed E-state index contributed by atoms with van der Waals surface area (Å²) in [5.41, 5.74) is 4.89. The van der Waals surface area contributed by atoms with Gasteiger partial charge in [0.2, 0.25) is 5.78 Å². The van der Waals surface area contributed by atoms with Crippen LogP contribution in [0.2, 0.25) is 0 Å². The van der Waals surface area contributed by atoms with E-state index < -0.39 is 5.25 Å². The molecule has 0 radical (unpaired) electrons. The molecule has 0 bridgehead atoms. The van der Waals surface area contributed by atoms with Crippen LogP contribution in [0.4, 0.5) is 0 Å². The lowest BCUT2D eigenvalue weighted by Crippen LogP contribution is -2.23. The third-order valence-corrected chi connectivity index (χ3v) is 7.55. The summed E-state index contributed by atoms with van der Waals surface area (Å²) < 4.78 is 3.50. The number of fused-ring (bicyclic) bond motifs is 4. The first kappa shape index (κ1) is 22.3. The minimum absolute atomic E-state index is 0.00126. The lowest BCUT2D eigenvalue weighted by atomic mass is 10.1. The molecule has 0 saturated heterocycles. The molecular formula is C28H23N5O2S. The van der Waals surface area contributed by atoms with Crippen LogP contribution < -0.4 is 5.56 Å². The number of aryl methyl sites for hydroxylation is 2. The van der Waals surface area contributed by atoms with E-state index in [0.29, 0.717) is 27.4 Å². The van der Waals surface area contributed by atoms with Gasteiger partial charge in [0.05, 0.1) is 21.8 Å². The number of rotatable bonds is 5. The number of benzene rings is 3. The quantitative estimate of drug-likeness (QED) is 0.253. The first-order valence-corrected chi connectivity index (χ1v) is 12.6. The number of thioether (sulfide) groups is 1. The highest BCUT2D eigenvalue weighted by Gasteiger charge is 2.24. The van der Waals surface area contributed by atoms with Crippen molar-refractivity contribution in [2.24, 2.45) is 0 Å². The molecule has 178 valence electrons. The fourth-order valence-corrected chi connectivity index (χ4v) is 5.56. The number of aromatic nitrogens is 5. The van der Waals surface area contributed by atoms with Crippen LogP contribution >= 0.6 is 11.8 Å². The van der Waals surface area contributed by atoms with Gasteiger partial charge in [0.25, 0.3) is 5.56 Å². The van der Waals surface area contributed by atoms with Crippen molar-refractivity contribution in [1.82, 2.24) is 24.1 Å². The highest BCUT2D eigenvalue weighted by atomic mass is 32.2. The van der Waals surface area contributed by atoms with Gasteiger partial charge >= 0.3 is 0 Å². The Labute approximate surface area is 210 Å². The second-order valence-electron chi connectivity index (χ2n) is 8.94. The van der Waals surface area contributed by atoms with Gasteiger partial charge in [0.15, 0.2) is 10.9 Å². The molecule has 6 aromatic rings. The lowest BCUT2D eigenvalue weighted by molar-refractivity contribution is 0.0995. The van der Waals surface area contributed by atoms with Gasteiger partial charge in [-0.2, -0.15) is 0 Å². The molecule has 0 aliphatic carbocycles. The van der Waals surface area contributed by atoms with E-state index >= 15 is 0 Å². The zero-order valence-electron chi connectivity index (χ0n) is 20.0. The SMILES string of the molecule is Cc1ccc(C)c(-n2c(=O)c3ccccc3n3c(SC(C)C(=O)c4c[nH]c5ccccc45)nnc23)c1. The fraction of sp³-hybridized carbons (Fsp3) is 0.143. The molecule has 0 aliphatic rings. The summed E-state index contributed by atoms with van der Waals surface area (Å²) in [4.78, 5) is 30.2. The Balaban J connectivity index is 1.51. The topological polar surface area (TPSA) is 85.0 Å². The Bertz CT molecular complexity index is 1860. The van der Waals surface area contributed by atoms with Gasteiger partial charge in [-0.15, -0.1) is 10.2 Å². The molecule has 0 spiro atoms. The summed E-state index contributed by atoms with van der Waals surface area (Å²) in [5, 5.41) is 10.5. The normalized spacial score (nSPS) is 12.5. The van der Waals surface area contributed by atoms with Crippen LogP contribution in [-0.2, 0) is 0 Å². The Morgan fingerprint density at radius 3 is 2.56 bits per heavy atom. The molecule has 0 aliphatic heterocycles. The first-order valence-electron chi connectivity index (χ1n) is 11.7. The van der Waals surface area contributed by atoms with E-state index in [0.717, 1.165) is 27.7 Å². The Morgan fingerprint density at radius 2 is 1.72 bits per heavy atom. The van der Waals surface area contributed by atoms with Crippen LogP contribution in [0.15, 0.2) is 82.9 Å². The first-order chi connectivity index (χ1) is 17.4. The summed E-state index contributed by atoms with van der Waals surface area (Å²) in [7, 11) is 0. The van der Waals surface area contributed by atoms with E-state index in [2.05, 4.69) is 15.2 Å². The standard InChI is InChI=1S/C28H23N5O2S/c1-16-12-13-17(2)24(14-16)32-26(35)20-9-5-7-11-23(20)33-27(32)30-31-28(33)36-18(3)25(34)21-15-29-22-10-6-4-8-19(21)22/h4-15,18,29H,1-3H3. The highest BCUT2D eigenvalue weighted by molar-refractivity contribution is 8.00. The number of para-hydroxylation sites is 2. The molecule has 1 N–H and O–H groups in total. The van der Waals surface area contributed by atoms with Crippen molar-refractivity contribution in [2.45, 2.75) is 31.2 Å². The number of hydrogen-bond acceptors (Lipinski definition) is 5. The third-order valence-electron chi connectivity index (χ3n) is 6.51. The molecule has 1 unspecified atom stereocenters. The molecule has 0 saturated carbocycles. The Hall–Kier alpha value is -4.17. The highest BCUT2D eigenvalue weighted by Crippen LogP contribution is 2.30.